The van der Waals surface area contributed by atoms with Crippen molar-refractivity contribution < 1.29 is 4.74 Å². The minimum atomic E-state index is 0. The van der Waals surface area contributed by atoms with Gasteiger partial charge in [-0.05, 0) is 31.2 Å². The number of ether oxygens (including phenoxy) is 1. The van der Waals surface area contributed by atoms with Gasteiger partial charge in [0.05, 0.1) is 6.54 Å². The molecule has 0 radical (unpaired) electrons. The van der Waals surface area contributed by atoms with Crippen molar-refractivity contribution >= 4 is 47.2 Å². The van der Waals surface area contributed by atoms with Gasteiger partial charge in [-0.1, -0.05) is 29.3 Å². The monoisotopic (exact) mass is 432 g/mol. The zero-order chi connectivity index (χ0) is 15.1. The summed E-state index contributed by atoms with van der Waals surface area (Å²) in [5.74, 6) is 0.744. The predicted molar refractivity (Wildman–Crippen MR) is 101 cm³/mol. The standard InChI is InChI=1S/C15H17ClN4O.HI/c1-11-4-6-12(7-5-11)20-15(17)19-9-10-21-14-13(16)3-2-8-18-14;/h2-8H,9-10H2,1H3,(H3,17,19,20);1H. The van der Waals surface area contributed by atoms with Crippen LogP contribution < -0.4 is 15.8 Å². The molecule has 5 nitrogen and oxygen atoms in total. The van der Waals surface area contributed by atoms with Gasteiger partial charge in [-0.25, -0.2) is 9.98 Å². The smallest absolute Gasteiger partial charge is 0.232 e. The molecule has 0 saturated heterocycles. The Hall–Kier alpha value is -1.54. The highest BCUT2D eigenvalue weighted by Gasteiger charge is 2.00. The van der Waals surface area contributed by atoms with E-state index in [-0.39, 0.29) is 24.0 Å². The SMILES string of the molecule is Cc1ccc(NC(N)=NCCOc2ncccc2Cl)cc1.I. The molecule has 2 rings (SSSR count). The maximum atomic E-state index is 5.93. The van der Waals surface area contributed by atoms with Crippen molar-refractivity contribution in [2.24, 2.45) is 10.7 Å². The first-order valence-corrected chi connectivity index (χ1v) is 6.90. The normalized spacial score (nSPS) is 10.7. The van der Waals surface area contributed by atoms with Crippen molar-refractivity contribution in [2.45, 2.75) is 6.92 Å². The number of hydrogen-bond acceptors (Lipinski definition) is 3. The predicted octanol–water partition coefficient (Wildman–Crippen LogP) is 3.47. The fourth-order valence-corrected chi connectivity index (χ4v) is 1.79. The van der Waals surface area contributed by atoms with Crippen LogP contribution in [-0.2, 0) is 0 Å². The van der Waals surface area contributed by atoms with Crippen LogP contribution in [0.1, 0.15) is 5.56 Å². The largest absolute Gasteiger partial charge is 0.475 e. The molecule has 118 valence electrons. The molecule has 3 N–H and O–H groups in total. The number of nitrogens with one attached hydrogen (secondary N) is 1. The van der Waals surface area contributed by atoms with Gasteiger partial charge < -0.3 is 15.8 Å². The first kappa shape index (κ1) is 18.5. The van der Waals surface area contributed by atoms with Gasteiger partial charge >= 0.3 is 0 Å². The lowest BCUT2D eigenvalue weighted by molar-refractivity contribution is 0.316. The number of anilines is 1. The summed E-state index contributed by atoms with van der Waals surface area (Å²) in [7, 11) is 0. The Labute approximate surface area is 152 Å². The van der Waals surface area contributed by atoms with Crippen LogP contribution >= 0.6 is 35.6 Å². The van der Waals surface area contributed by atoms with Crippen LogP contribution in [0.15, 0.2) is 47.6 Å². The van der Waals surface area contributed by atoms with Crippen LogP contribution in [-0.4, -0.2) is 24.1 Å². The summed E-state index contributed by atoms with van der Waals surface area (Å²) < 4.78 is 5.42. The number of pyridine rings is 1. The van der Waals surface area contributed by atoms with Crippen molar-refractivity contribution in [3.63, 3.8) is 0 Å². The molecule has 0 amide bonds. The van der Waals surface area contributed by atoms with Gasteiger partial charge in [-0.2, -0.15) is 0 Å². The first-order chi connectivity index (χ1) is 10.1. The summed E-state index contributed by atoms with van der Waals surface area (Å²) in [6.45, 7) is 2.80. The molecule has 1 heterocycles. The Kier molecular flexibility index (Phi) is 7.97. The molecular weight excluding hydrogens is 415 g/mol. The number of rotatable bonds is 5. The van der Waals surface area contributed by atoms with Crippen LogP contribution in [0.2, 0.25) is 5.02 Å². The lowest BCUT2D eigenvalue weighted by atomic mass is 10.2. The van der Waals surface area contributed by atoms with Crippen LogP contribution in [0.5, 0.6) is 5.88 Å². The molecule has 0 saturated carbocycles. The second kappa shape index (κ2) is 9.47. The number of nitrogens with two attached hydrogens (primary N) is 1. The molecule has 1 aromatic carbocycles. The van der Waals surface area contributed by atoms with Crippen LogP contribution in [0.4, 0.5) is 5.69 Å². The fourth-order valence-electron chi connectivity index (χ4n) is 1.61. The second-order valence-corrected chi connectivity index (χ2v) is 4.80. The van der Waals surface area contributed by atoms with E-state index in [1.807, 2.05) is 31.2 Å². The van der Waals surface area contributed by atoms with Crippen molar-refractivity contribution in [3.05, 3.63) is 53.2 Å². The van der Waals surface area contributed by atoms with Crippen LogP contribution in [0.3, 0.4) is 0 Å². The van der Waals surface area contributed by atoms with Gasteiger partial charge in [0.2, 0.25) is 5.88 Å². The number of hydrogen-bond donors (Lipinski definition) is 2. The van der Waals surface area contributed by atoms with Gasteiger partial charge in [-0.15, -0.1) is 24.0 Å². The van der Waals surface area contributed by atoms with Gasteiger partial charge in [0.1, 0.15) is 11.6 Å². The maximum absolute atomic E-state index is 5.93. The number of nitrogens with zero attached hydrogens (tertiary/aromatic N) is 2. The average molecular weight is 433 g/mol. The first-order valence-electron chi connectivity index (χ1n) is 6.52. The summed E-state index contributed by atoms with van der Waals surface area (Å²) in [6.07, 6.45) is 1.62. The number of benzene rings is 1. The number of guanidine groups is 1. The van der Waals surface area contributed by atoms with E-state index >= 15 is 0 Å². The number of aliphatic imine (C=N–C) groups is 1. The summed E-state index contributed by atoms with van der Waals surface area (Å²) in [6, 6.07) is 11.4. The van der Waals surface area contributed by atoms with Crippen LogP contribution in [0, 0.1) is 6.92 Å². The van der Waals surface area contributed by atoms with E-state index in [1.165, 1.54) is 5.56 Å². The quantitative estimate of drug-likeness (QED) is 0.328. The number of halogens is 2. The summed E-state index contributed by atoms with van der Waals surface area (Å²) in [4.78, 5) is 8.20. The lowest BCUT2D eigenvalue weighted by Crippen LogP contribution is -2.23. The molecule has 0 aliphatic heterocycles. The Balaban J connectivity index is 0.00000242. The minimum absolute atomic E-state index is 0. The molecule has 0 atom stereocenters. The van der Waals surface area contributed by atoms with E-state index in [9.17, 15) is 0 Å². The zero-order valence-corrected chi connectivity index (χ0v) is 15.2. The van der Waals surface area contributed by atoms with E-state index in [1.54, 1.807) is 18.3 Å². The molecule has 0 unspecified atom stereocenters. The van der Waals surface area contributed by atoms with Crippen molar-refractivity contribution in [1.29, 1.82) is 0 Å². The van der Waals surface area contributed by atoms with Gasteiger partial charge in [0, 0.05) is 11.9 Å². The molecule has 0 aliphatic carbocycles. The molecule has 2 aromatic rings. The molecule has 22 heavy (non-hydrogen) atoms. The Morgan fingerprint density at radius 1 is 1.32 bits per heavy atom. The number of aryl methyl sites for hydroxylation is 1. The van der Waals surface area contributed by atoms with Crippen molar-refractivity contribution in [1.82, 2.24) is 4.98 Å². The average Bonchev–Trinajstić information content (AvgIpc) is 2.48. The molecule has 7 heteroatoms. The molecular formula is C15H18ClIN4O. The summed E-state index contributed by atoms with van der Waals surface area (Å²) in [5, 5.41) is 3.49. The fraction of sp³-hybridized carbons (Fsp3) is 0.200. The highest BCUT2D eigenvalue weighted by molar-refractivity contribution is 14.0. The zero-order valence-electron chi connectivity index (χ0n) is 12.1. The van der Waals surface area contributed by atoms with E-state index in [4.69, 9.17) is 22.1 Å². The second-order valence-electron chi connectivity index (χ2n) is 4.40. The Morgan fingerprint density at radius 3 is 2.73 bits per heavy atom. The summed E-state index contributed by atoms with van der Waals surface area (Å²) >= 11 is 5.93. The lowest BCUT2D eigenvalue weighted by Gasteiger charge is -2.07. The third kappa shape index (κ3) is 6.07. The van der Waals surface area contributed by atoms with Gasteiger partial charge in [0.25, 0.3) is 0 Å². The topological polar surface area (TPSA) is 72.5 Å². The van der Waals surface area contributed by atoms with Crippen molar-refractivity contribution in [3.8, 4) is 5.88 Å². The molecule has 0 spiro atoms. The highest BCUT2D eigenvalue weighted by atomic mass is 127. The van der Waals surface area contributed by atoms with E-state index < -0.39 is 0 Å². The minimum Gasteiger partial charge on any atom is -0.475 e. The van der Waals surface area contributed by atoms with E-state index in [0.29, 0.717) is 30.0 Å². The van der Waals surface area contributed by atoms with E-state index in [0.717, 1.165) is 5.69 Å². The van der Waals surface area contributed by atoms with Gasteiger partial charge in [0.15, 0.2) is 5.96 Å². The van der Waals surface area contributed by atoms with E-state index in [2.05, 4.69) is 15.3 Å². The van der Waals surface area contributed by atoms with Gasteiger partial charge in [-0.3, -0.25) is 0 Å². The molecule has 0 fully saturated rings. The molecule has 1 aromatic heterocycles. The Bertz CT molecular complexity index is 619. The third-order valence-electron chi connectivity index (χ3n) is 2.66. The van der Waals surface area contributed by atoms with Crippen LogP contribution in [0.25, 0.3) is 0 Å². The summed E-state index contributed by atoms with van der Waals surface area (Å²) in [5.41, 5.74) is 7.88. The van der Waals surface area contributed by atoms with Crippen molar-refractivity contribution in [2.75, 3.05) is 18.5 Å². The molecule has 0 aliphatic rings. The highest BCUT2D eigenvalue weighted by Crippen LogP contribution is 2.19. The Morgan fingerprint density at radius 2 is 2.05 bits per heavy atom. The maximum Gasteiger partial charge on any atom is 0.232 e. The molecule has 0 bridgehead atoms. The number of aromatic nitrogens is 1. The third-order valence-corrected chi connectivity index (χ3v) is 2.95.